The first-order chi connectivity index (χ1) is 8.24. The molecular formula is C16H26O. The monoisotopic (exact) mass is 234 g/mol. The highest BCUT2D eigenvalue weighted by atomic mass is 16.5. The molecule has 0 radical (unpaired) electrons. The van der Waals surface area contributed by atoms with Crippen molar-refractivity contribution in [3.8, 4) is 0 Å². The normalized spacial score (nSPS) is 13.1. The van der Waals surface area contributed by atoms with Crippen molar-refractivity contribution in [2.45, 2.75) is 52.1 Å². The van der Waals surface area contributed by atoms with E-state index in [1.54, 1.807) is 6.08 Å². The Morgan fingerprint density at radius 2 is 2.06 bits per heavy atom. The SMILES string of the molecule is C=CC=CC(CCC)OC(=C)C=CCCCC. The molecule has 17 heavy (non-hydrogen) atoms. The number of hydrogen-bond donors (Lipinski definition) is 0. The Hall–Kier alpha value is -1.24. The Kier molecular flexibility index (Phi) is 10.4. The Labute approximate surface area is 107 Å². The summed E-state index contributed by atoms with van der Waals surface area (Å²) < 4.78 is 5.76. The third-order valence-electron chi connectivity index (χ3n) is 2.37. The third kappa shape index (κ3) is 9.68. The molecule has 0 aliphatic heterocycles. The fraction of sp³-hybridized carbons (Fsp3) is 0.500. The fourth-order valence-corrected chi connectivity index (χ4v) is 1.45. The van der Waals surface area contributed by atoms with Crippen molar-refractivity contribution in [2.75, 3.05) is 0 Å². The maximum atomic E-state index is 5.76. The summed E-state index contributed by atoms with van der Waals surface area (Å²) in [4.78, 5) is 0. The predicted octanol–water partition coefficient (Wildman–Crippen LogP) is 5.17. The minimum atomic E-state index is 0.112. The molecule has 0 aromatic rings. The van der Waals surface area contributed by atoms with E-state index in [0.717, 1.165) is 25.0 Å². The van der Waals surface area contributed by atoms with Crippen LogP contribution in [0.1, 0.15) is 46.0 Å². The highest BCUT2D eigenvalue weighted by molar-refractivity contribution is 5.09. The van der Waals surface area contributed by atoms with Crippen LogP contribution in [0, 0.1) is 0 Å². The minimum absolute atomic E-state index is 0.112. The molecule has 0 amide bonds. The average Bonchev–Trinajstić information content (AvgIpc) is 2.32. The van der Waals surface area contributed by atoms with Gasteiger partial charge in [0, 0.05) is 0 Å². The second-order valence-corrected chi connectivity index (χ2v) is 4.08. The summed E-state index contributed by atoms with van der Waals surface area (Å²) >= 11 is 0. The molecule has 0 aliphatic rings. The standard InChI is InChI=1S/C16H26O/c1-5-8-10-11-13-15(4)17-16(12-7-3)14-9-6-2/h6,9,11,13-14,16H,2,4-5,7-8,10,12H2,1,3H3. The lowest BCUT2D eigenvalue weighted by Gasteiger charge is -2.14. The second kappa shape index (κ2) is 11.3. The number of allylic oxidation sites excluding steroid dienone is 4. The van der Waals surface area contributed by atoms with E-state index in [-0.39, 0.29) is 6.10 Å². The average molecular weight is 234 g/mol. The van der Waals surface area contributed by atoms with Crippen LogP contribution in [-0.2, 0) is 4.74 Å². The molecule has 0 aromatic carbocycles. The number of rotatable bonds is 10. The van der Waals surface area contributed by atoms with Crippen LogP contribution in [0.5, 0.6) is 0 Å². The summed E-state index contributed by atoms with van der Waals surface area (Å²) in [5.74, 6) is 0.744. The fourth-order valence-electron chi connectivity index (χ4n) is 1.45. The molecule has 0 bridgehead atoms. The van der Waals surface area contributed by atoms with Gasteiger partial charge in [-0.1, -0.05) is 64.5 Å². The van der Waals surface area contributed by atoms with Crippen molar-refractivity contribution in [3.63, 3.8) is 0 Å². The molecule has 0 saturated heterocycles. The molecule has 1 heteroatoms. The molecule has 0 rings (SSSR count). The first-order valence-electron chi connectivity index (χ1n) is 6.55. The van der Waals surface area contributed by atoms with Gasteiger partial charge in [-0.05, 0) is 25.0 Å². The third-order valence-corrected chi connectivity index (χ3v) is 2.37. The Morgan fingerprint density at radius 1 is 1.29 bits per heavy atom. The van der Waals surface area contributed by atoms with Gasteiger partial charge in [-0.2, -0.15) is 0 Å². The van der Waals surface area contributed by atoms with Crippen LogP contribution in [0.25, 0.3) is 0 Å². The van der Waals surface area contributed by atoms with Gasteiger partial charge < -0.3 is 4.74 Å². The minimum Gasteiger partial charge on any atom is -0.487 e. The van der Waals surface area contributed by atoms with E-state index in [4.69, 9.17) is 4.74 Å². The zero-order valence-corrected chi connectivity index (χ0v) is 11.3. The first-order valence-corrected chi connectivity index (χ1v) is 6.55. The summed E-state index contributed by atoms with van der Waals surface area (Å²) in [5, 5.41) is 0. The predicted molar refractivity (Wildman–Crippen MR) is 76.9 cm³/mol. The summed E-state index contributed by atoms with van der Waals surface area (Å²) in [7, 11) is 0. The van der Waals surface area contributed by atoms with Crippen LogP contribution in [0.3, 0.4) is 0 Å². The highest BCUT2D eigenvalue weighted by Crippen LogP contribution is 2.10. The molecule has 1 nitrogen and oxygen atoms in total. The van der Waals surface area contributed by atoms with Crippen LogP contribution >= 0.6 is 0 Å². The highest BCUT2D eigenvalue weighted by Gasteiger charge is 2.03. The lowest BCUT2D eigenvalue weighted by molar-refractivity contribution is 0.157. The van der Waals surface area contributed by atoms with E-state index in [0.29, 0.717) is 0 Å². The van der Waals surface area contributed by atoms with E-state index in [1.807, 2.05) is 18.2 Å². The van der Waals surface area contributed by atoms with Gasteiger partial charge in [-0.3, -0.25) is 0 Å². The van der Waals surface area contributed by atoms with Crippen LogP contribution in [0.2, 0.25) is 0 Å². The maximum absolute atomic E-state index is 5.76. The molecule has 0 fully saturated rings. The van der Waals surface area contributed by atoms with Gasteiger partial charge in [0.1, 0.15) is 11.9 Å². The Bertz CT molecular complexity index is 261. The van der Waals surface area contributed by atoms with Crippen molar-refractivity contribution in [1.82, 2.24) is 0 Å². The van der Waals surface area contributed by atoms with Crippen LogP contribution < -0.4 is 0 Å². The van der Waals surface area contributed by atoms with Crippen molar-refractivity contribution < 1.29 is 4.74 Å². The number of unbranched alkanes of at least 4 members (excludes halogenated alkanes) is 2. The van der Waals surface area contributed by atoms with Crippen molar-refractivity contribution in [1.29, 1.82) is 0 Å². The van der Waals surface area contributed by atoms with Crippen molar-refractivity contribution >= 4 is 0 Å². The smallest absolute Gasteiger partial charge is 0.117 e. The summed E-state index contributed by atoms with van der Waals surface area (Å²) in [5.41, 5.74) is 0. The van der Waals surface area contributed by atoms with Gasteiger partial charge in [-0.25, -0.2) is 0 Å². The Balaban J connectivity index is 4.06. The van der Waals surface area contributed by atoms with Crippen molar-refractivity contribution in [2.24, 2.45) is 0 Å². The molecular weight excluding hydrogens is 208 g/mol. The van der Waals surface area contributed by atoms with Crippen LogP contribution in [0.15, 0.2) is 49.3 Å². The molecule has 0 heterocycles. The molecule has 0 aromatic heterocycles. The molecule has 1 unspecified atom stereocenters. The molecule has 0 aliphatic carbocycles. The summed E-state index contributed by atoms with van der Waals surface area (Å²) in [6, 6.07) is 0. The quantitative estimate of drug-likeness (QED) is 0.288. The summed E-state index contributed by atoms with van der Waals surface area (Å²) in [6.45, 7) is 11.9. The molecule has 1 atom stereocenters. The van der Waals surface area contributed by atoms with Gasteiger partial charge in [0.2, 0.25) is 0 Å². The van der Waals surface area contributed by atoms with Gasteiger partial charge in [0.15, 0.2) is 0 Å². The van der Waals surface area contributed by atoms with E-state index in [1.165, 1.54) is 12.8 Å². The number of ether oxygens (including phenoxy) is 1. The lowest BCUT2D eigenvalue weighted by atomic mass is 10.2. The topological polar surface area (TPSA) is 9.23 Å². The van der Waals surface area contributed by atoms with Gasteiger partial charge >= 0.3 is 0 Å². The molecule has 0 saturated carbocycles. The van der Waals surface area contributed by atoms with E-state index < -0.39 is 0 Å². The zero-order chi connectivity index (χ0) is 12.9. The van der Waals surface area contributed by atoms with Crippen LogP contribution in [-0.4, -0.2) is 6.10 Å². The van der Waals surface area contributed by atoms with E-state index in [2.05, 4.69) is 33.1 Å². The second-order valence-electron chi connectivity index (χ2n) is 4.08. The van der Waals surface area contributed by atoms with E-state index in [9.17, 15) is 0 Å². The lowest BCUT2D eigenvalue weighted by Crippen LogP contribution is -2.07. The van der Waals surface area contributed by atoms with Gasteiger partial charge in [0.05, 0.1) is 0 Å². The van der Waals surface area contributed by atoms with E-state index >= 15 is 0 Å². The zero-order valence-electron chi connectivity index (χ0n) is 11.3. The molecule has 0 spiro atoms. The van der Waals surface area contributed by atoms with Gasteiger partial charge in [-0.15, -0.1) is 0 Å². The summed E-state index contributed by atoms with van der Waals surface area (Å²) in [6.07, 6.45) is 15.6. The largest absolute Gasteiger partial charge is 0.487 e. The molecule has 96 valence electrons. The maximum Gasteiger partial charge on any atom is 0.117 e. The first kappa shape index (κ1) is 15.8. The number of hydrogen-bond acceptors (Lipinski definition) is 1. The van der Waals surface area contributed by atoms with Crippen molar-refractivity contribution in [3.05, 3.63) is 49.3 Å². The Morgan fingerprint density at radius 3 is 2.65 bits per heavy atom. The molecule has 0 N–H and O–H groups in total. The van der Waals surface area contributed by atoms with Crippen LogP contribution in [0.4, 0.5) is 0 Å². The van der Waals surface area contributed by atoms with Gasteiger partial charge in [0.25, 0.3) is 0 Å².